The van der Waals surface area contributed by atoms with E-state index in [1.54, 1.807) is 0 Å². The fourth-order valence-corrected chi connectivity index (χ4v) is 10.2. The Morgan fingerprint density at radius 1 is 0.800 bits per heavy atom. The average molecular weight is 413 g/mol. The lowest BCUT2D eigenvalue weighted by Crippen LogP contribution is -2.61. The van der Waals surface area contributed by atoms with E-state index in [4.69, 9.17) is 0 Å². The normalized spacial score (nSPS) is 54.1. The summed E-state index contributed by atoms with van der Waals surface area (Å²) in [6.07, 6.45) is 16.0. The summed E-state index contributed by atoms with van der Waals surface area (Å²) in [4.78, 5) is 0. The minimum absolute atomic E-state index is 0.0676. The van der Waals surface area contributed by atoms with E-state index in [9.17, 15) is 5.11 Å². The number of allylic oxidation sites excluding steroid dienone is 2. The topological polar surface area (TPSA) is 20.2 Å². The number of aliphatic hydroxyl groups is 1. The molecule has 4 fully saturated rings. The Morgan fingerprint density at radius 2 is 1.53 bits per heavy atom. The van der Waals surface area contributed by atoms with Crippen molar-refractivity contribution in [3.8, 4) is 0 Å². The number of fused-ring (bicyclic) bond motifs is 7. The van der Waals surface area contributed by atoms with Gasteiger partial charge in [0.25, 0.3) is 0 Å². The molecule has 1 unspecified atom stereocenters. The molecule has 0 heterocycles. The third-order valence-electron chi connectivity index (χ3n) is 12.2. The van der Waals surface area contributed by atoms with Crippen molar-refractivity contribution < 1.29 is 5.11 Å². The second-order valence-electron chi connectivity index (χ2n) is 14.6. The number of hydrogen-bond donors (Lipinski definition) is 1. The first-order valence-electron chi connectivity index (χ1n) is 13.2. The lowest BCUT2D eigenvalue weighted by atomic mass is 9.37. The highest BCUT2D eigenvalue weighted by atomic mass is 16.3. The van der Waals surface area contributed by atoms with Crippen LogP contribution < -0.4 is 0 Å². The van der Waals surface area contributed by atoms with E-state index >= 15 is 0 Å². The summed E-state index contributed by atoms with van der Waals surface area (Å²) in [7, 11) is 0. The standard InChI is InChI=1S/C29H48O/c1-25(2)16-17-27(5)13-10-20-19(21(27)18-25)8-9-23-28(20,6)14-11-22-26(3,4)24(30)12-15-29(22,23)7/h10,19,21-24,30H,8-9,11-18H2,1-7H3/t19-,21-,22-,23-,24?,27-,28-,29-/m0/s1. The Hall–Kier alpha value is -0.300. The number of hydrogen-bond acceptors (Lipinski definition) is 1. The van der Waals surface area contributed by atoms with Crippen LogP contribution in [0.15, 0.2) is 11.6 Å². The van der Waals surface area contributed by atoms with E-state index in [2.05, 4.69) is 54.5 Å². The summed E-state index contributed by atoms with van der Waals surface area (Å²) in [5.41, 5.74) is 3.83. The smallest absolute Gasteiger partial charge is 0.0594 e. The van der Waals surface area contributed by atoms with Gasteiger partial charge < -0.3 is 5.11 Å². The predicted octanol–water partition coefficient (Wildman–Crippen LogP) is 7.78. The van der Waals surface area contributed by atoms with Gasteiger partial charge in [0.1, 0.15) is 0 Å². The van der Waals surface area contributed by atoms with Crippen LogP contribution in [0.3, 0.4) is 0 Å². The largest absolute Gasteiger partial charge is 0.393 e. The summed E-state index contributed by atoms with van der Waals surface area (Å²) in [6, 6.07) is 0. The van der Waals surface area contributed by atoms with Gasteiger partial charge in [-0.1, -0.05) is 60.1 Å². The van der Waals surface area contributed by atoms with E-state index in [-0.39, 0.29) is 11.5 Å². The lowest BCUT2D eigenvalue weighted by Gasteiger charge is -2.68. The van der Waals surface area contributed by atoms with E-state index in [0.29, 0.717) is 27.6 Å². The van der Waals surface area contributed by atoms with Crippen LogP contribution in [-0.4, -0.2) is 11.2 Å². The minimum atomic E-state index is -0.115. The molecule has 4 saturated carbocycles. The van der Waals surface area contributed by atoms with E-state index in [1.165, 1.54) is 57.8 Å². The molecule has 0 spiro atoms. The maximum absolute atomic E-state index is 10.8. The molecule has 0 amide bonds. The van der Waals surface area contributed by atoms with Gasteiger partial charge in [0.15, 0.2) is 0 Å². The molecule has 5 rings (SSSR count). The number of aliphatic hydroxyl groups excluding tert-OH is 1. The molecule has 30 heavy (non-hydrogen) atoms. The molecule has 1 nitrogen and oxygen atoms in total. The molecule has 0 aromatic carbocycles. The van der Waals surface area contributed by atoms with E-state index in [0.717, 1.165) is 24.2 Å². The van der Waals surface area contributed by atoms with Crippen molar-refractivity contribution >= 4 is 0 Å². The Morgan fingerprint density at radius 3 is 2.27 bits per heavy atom. The van der Waals surface area contributed by atoms with Gasteiger partial charge in [-0.25, -0.2) is 0 Å². The molecule has 0 radical (unpaired) electrons. The van der Waals surface area contributed by atoms with Crippen molar-refractivity contribution in [1.82, 2.24) is 0 Å². The molecular formula is C29H48O. The molecule has 0 saturated heterocycles. The average Bonchev–Trinajstić information content (AvgIpc) is 2.65. The van der Waals surface area contributed by atoms with Gasteiger partial charge in [-0.3, -0.25) is 0 Å². The molecule has 0 aromatic heterocycles. The first kappa shape index (κ1) is 21.5. The zero-order valence-electron chi connectivity index (χ0n) is 21.0. The monoisotopic (exact) mass is 412 g/mol. The second kappa shape index (κ2) is 6.39. The Labute approximate surface area is 186 Å². The van der Waals surface area contributed by atoms with Crippen LogP contribution in [0.4, 0.5) is 0 Å². The lowest BCUT2D eigenvalue weighted by molar-refractivity contribution is -0.176. The summed E-state index contributed by atoms with van der Waals surface area (Å²) < 4.78 is 0. The van der Waals surface area contributed by atoms with Gasteiger partial charge in [0.2, 0.25) is 0 Å². The molecule has 1 heteroatoms. The minimum Gasteiger partial charge on any atom is -0.393 e. The van der Waals surface area contributed by atoms with Crippen molar-refractivity contribution in [1.29, 1.82) is 0 Å². The first-order chi connectivity index (χ1) is 13.8. The fourth-order valence-electron chi connectivity index (χ4n) is 10.2. The molecule has 1 N–H and O–H groups in total. The van der Waals surface area contributed by atoms with Gasteiger partial charge in [-0.05, 0) is 115 Å². The quantitative estimate of drug-likeness (QED) is 0.403. The van der Waals surface area contributed by atoms with Crippen LogP contribution in [0.5, 0.6) is 0 Å². The van der Waals surface area contributed by atoms with Crippen LogP contribution in [0.25, 0.3) is 0 Å². The van der Waals surface area contributed by atoms with Crippen LogP contribution in [-0.2, 0) is 0 Å². The highest BCUT2D eigenvalue weighted by Crippen LogP contribution is 2.72. The zero-order chi connectivity index (χ0) is 21.7. The van der Waals surface area contributed by atoms with Crippen molar-refractivity contribution in [2.45, 2.75) is 119 Å². The van der Waals surface area contributed by atoms with Gasteiger partial charge >= 0.3 is 0 Å². The van der Waals surface area contributed by atoms with E-state index < -0.39 is 0 Å². The molecule has 0 aromatic rings. The first-order valence-corrected chi connectivity index (χ1v) is 13.2. The van der Waals surface area contributed by atoms with Gasteiger partial charge in [0, 0.05) is 0 Å². The summed E-state index contributed by atoms with van der Waals surface area (Å²) >= 11 is 0. The third kappa shape index (κ3) is 2.75. The molecule has 170 valence electrons. The Kier molecular flexibility index (Phi) is 4.59. The predicted molar refractivity (Wildman–Crippen MR) is 126 cm³/mol. The SMILES string of the molecule is CC1(C)CC[C@]2(C)CC=C3[C@H](CC[C@@H]4[C@@]5(C)CCC(O)C(C)(C)[C@@H]5CC[C@@]34C)[C@@H]2C1. The van der Waals surface area contributed by atoms with Crippen LogP contribution in [0.1, 0.15) is 113 Å². The molecule has 5 aliphatic rings. The van der Waals surface area contributed by atoms with Crippen molar-refractivity contribution in [2.75, 3.05) is 0 Å². The van der Waals surface area contributed by atoms with Crippen molar-refractivity contribution in [2.24, 2.45) is 50.7 Å². The Balaban J connectivity index is 1.51. The molecule has 0 aliphatic heterocycles. The highest BCUT2D eigenvalue weighted by molar-refractivity contribution is 5.30. The molecule has 5 aliphatic carbocycles. The second-order valence-corrected chi connectivity index (χ2v) is 14.6. The highest BCUT2D eigenvalue weighted by Gasteiger charge is 2.64. The zero-order valence-corrected chi connectivity index (χ0v) is 21.0. The van der Waals surface area contributed by atoms with Crippen molar-refractivity contribution in [3.05, 3.63) is 11.6 Å². The van der Waals surface area contributed by atoms with Gasteiger partial charge in [-0.2, -0.15) is 0 Å². The third-order valence-corrected chi connectivity index (χ3v) is 12.2. The summed E-state index contributed by atoms with van der Waals surface area (Å²) in [5, 5.41) is 10.8. The molecule has 8 atom stereocenters. The van der Waals surface area contributed by atoms with Gasteiger partial charge in [0.05, 0.1) is 6.10 Å². The van der Waals surface area contributed by atoms with Crippen molar-refractivity contribution in [3.63, 3.8) is 0 Å². The summed E-state index contributed by atoms with van der Waals surface area (Å²) in [5.74, 6) is 3.21. The van der Waals surface area contributed by atoms with Crippen LogP contribution in [0.2, 0.25) is 0 Å². The van der Waals surface area contributed by atoms with Gasteiger partial charge in [-0.15, -0.1) is 0 Å². The number of rotatable bonds is 0. The molecule has 0 bridgehead atoms. The molecular weight excluding hydrogens is 364 g/mol. The maximum atomic E-state index is 10.8. The van der Waals surface area contributed by atoms with Crippen LogP contribution in [0, 0.1) is 50.7 Å². The Bertz CT molecular complexity index is 745. The maximum Gasteiger partial charge on any atom is 0.0594 e. The summed E-state index contributed by atoms with van der Waals surface area (Å²) in [6.45, 7) is 17.7. The van der Waals surface area contributed by atoms with Crippen LogP contribution >= 0.6 is 0 Å². The fraction of sp³-hybridized carbons (Fsp3) is 0.931. The van der Waals surface area contributed by atoms with E-state index in [1.807, 2.05) is 5.57 Å².